The summed E-state index contributed by atoms with van der Waals surface area (Å²) in [5.41, 5.74) is 1.11. The standard InChI is InChI=1S/C16H21N3O2/c1-12(2)11-21-14-6-4-5-13(9-14)10-18-16-17-8-7-15(19-16)20-3/h4-9,12H,10-11H2,1-3H3,(H,17,18,19). The zero-order chi connectivity index (χ0) is 15.1. The molecule has 2 rings (SSSR count). The minimum absolute atomic E-state index is 0.511. The summed E-state index contributed by atoms with van der Waals surface area (Å²) in [5, 5.41) is 3.17. The van der Waals surface area contributed by atoms with Crippen molar-refractivity contribution in [3.8, 4) is 11.6 Å². The first kappa shape index (κ1) is 15.1. The van der Waals surface area contributed by atoms with Crippen LogP contribution in [0.4, 0.5) is 5.95 Å². The van der Waals surface area contributed by atoms with E-state index in [2.05, 4.69) is 29.1 Å². The smallest absolute Gasteiger partial charge is 0.226 e. The topological polar surface area (TPSA) is 56.3 Å². The van der Waals surface area contributed by atoms with Crippen molar-refractivity contribution >= 4 is 5.95 Å². The molecule has 2 aromatic rings. The van der Waals surface area contributed by atoms with Crippen LogP contribution < -0.4 is 14.8 Å². The molecule has 0 bridgehead atoms. The van der Waals surface area contributed by atoms with E-state index < -0.39 is 0 Å². The molecule has 0 aliphatic carbocycles. The Morgan fingerprint density at radius 2 is 2.10 bits per heavy atom. The molecule has 0 fully saturated rings. The van der Waals surface area contributed by atoms with E-state index in [-0.39, 0.29) is 0 Å². The van der Waals surface area contributed by atoms with Crippen LogP contribution >= 0.6 is 0 Å². The number of nitrogens with zero attached hydrogens (tertiary/aromatic N) is 2. The van der Waals surface area contributed by atoms with E-state index in [1.165, 1.54) is 0 Å². The minimum atomic E-state index is 0.511. The van der Waals surface area contributed by atoms with Crippen molar-refractivity contribution in [1.29, 1.82) is 0 Å². The molecule has 5 nitrogen and oxygen atoms in total. The van der Waals surface area contributed by atoms with Gasteiger partial charge in [-0.15, -0.1) is 0 Å². The van der Waals surface area contributed by atoms with E-state index >= 15 is 0 Å². The first-order valence-electron chi connectivity index (χ1n) is 7.00. The van der Waals surface area contributed by atoms with Crippen LogP contribution in [0.2, 0.25) is 0 Å². The van der Waals surface area contributed by atoms with Crippen LogP contribution in [0.1, 0.15) is 19.4 Å². The molecule has 0 amide bonds. The predicted molar refractivity (Wildman–Crippen MR) is 82.7 cm³/mol. The van der Waals surface area contributed by atoms with Crippen molar-refractivity contribution in [3.63, 3.8) is 0 Å². The molecule has 1 heterocycles. The number of hydrogen-bond acceptors (Lipinski definition) is 5. The molecule has 21 heavy (non-hydrogen) atoms. The second kappa shape index (κ2) is 7.47. The Balaban J connectivity index is 1.94. The van der Waals surface area contributed by atoms with E-state index in [9.17, 15) is 0 Å². The Labute approximate surface area is 125 Å². The van der Waals surface area contributed by atoms with Crippen molar-refractivity contribution in [1.82, 2.24) is 9.97 Å². The number of benzene rings is 1. The van der Waals surface area contributed by atoms with Crippen LogP contribution in [0.25, 0.3) is 0 Å². The second-order valence-corrected chi connectivity index (χ2v) is 5.13. The Morgan fingerprint density at radius 1 is 1.24 bits per heavy atom. The third-order valence-corrected chi connectivity index (χ3v) is 2.77. The van der Waals surface area contributed by atoms with Crippen LogP contribution in [0.3, 0.4) is 0 Å². The number of hydrogen-bond donors (Lipinski definition) is 1. The van der Waals surface area contributed by atoms with Crippen LogP contribution in [0.5, 0.6) is 11.6 Å². The van der Waals surface area contributed by atoms with Gasteiger partial charge in [-0.3, -0.25) is 0 Å². The first-order chi connectivity index (χ1) is 10.2. The molecule has 0 saturated heterocycles. The van der Waals surface area contributed by atoms with Crippen molar-refractivity contribution in [2.75, 3.05) is 19.0 Å². The average Bonchev–Trinajstić information content (AvgIpc) is 2.51. The first-order valence-corrected chi connectivity index (χ1v) is 7.00. The van der Waals surface area contributed by atoms with Gasteiger partial charge in [0.05, 0.1) is 13.7 Å². The van der Waals surface area contributed by atoms with E-state index in [0.717, 1.165) is 17.9 Å². The highest BCUT2D eigenvalue weighted by molar-refractivity contribution is 5.33. The number of rotatable bonds is 7. The summed E-state index contributed by atoms with van der Waals surface area (Å²) in [6.07, 6.45) is 1.66. The maximum absolute atomic E-state index is 5.72. The van der Waals surface area contributed by atoms with Gasteiger partial charge >= 0.3 is 0 Å². The number of methoxy groups -OCH3 is 1. The van der Waals surface area contributed by atoms with Gasteiger partial charge < -0.3 is 14.8 Å². The molecule has 0 aliphatic rings. The molecule has 0 spiro atoms. The SMILES string of the molecule is COc1ccnc(NCc2cccc(OCC(C)C)c2)n1. The number of ether oxygens (including phenoxy) is 2. The van der Waals surface area contributed by atoms with Gasteiger partial charge in [0.25, 0.3) is 0 Å². The minimum Gasteiger partial charge on any atom is -0.493 e. The highest BCUT2D eigenvalue weighted by Gasteiger charge is 2.01. The lowest BCUT2D eigenvalue weighted by atomic mass is 10.2. The molecular formula is C16H21N3O2. The van der Waals surface area contributed by atoms with Crippen molar-refractivity contribution in [2.45, 2.75) is 20.4 Å². The van der Waals surface area contributed by atoms with Crippen molar-refractivity contribution in [2.24, 2.45) is 5.92 Å². The maximum atomic E-state index is 5.72. The molecule has 0 atom stereocenters. The molecule has 1 aromatic heterocycles. The fraction of sp³-hybridized carbons (Fsp3) is 0.375. The highest BCUT2D eigenvalue weighted by atomic mass is 16.5. The summed E-state index contributed by atoms with van der Waals surface area (Å²) in [7, 11) is 1.58. The Bertz CT molecular complexity index is 573. The molecule has 1 N–H and O–H groups in total. The molecule has 112 valence electrons. The third kappa shape index (κ3) is 4.95. The van der Waals surface area contributed by atoms with Gasteiger partial charge in [0.15, 0.2) is 0 Å². The number of aromatic nitrogens is 2. The highest BCUT2D eigenvalue weighted by Crippen LogP contribution is 2.15. The summed E-state index contributed by atoms with van der Waals surface area (Å²) < 4.78 is 10.8. The fourth-order valence-corrected chi connectivity index (χ4v) is 1.73. The van der Waals surface area contributed by atoms with Gasteiger partial charge in [-0.1, -0.05) is 26.0 Å². The summed E-state index contributed by atoms with van der Waals surface area (Å²) in [5.74, 6) is 2.48. The Hall–Kier alpha value is -2.30. The predicted octanol–water partition coefficient (Wildman–Crippen LogP) is 3.13. The lowest BCUT2D eigenvalue weighted by Crippen LogP contribution is -2.06. The maximum Gasteiger partial charge on any atom is 0.226 e. The molecule has 0 radical (unpaired) electrons. The lowest BCUT2D eigenvalue weighted by molar-refractivity contribution is 0.271. The molecule has 0 saturated carbocycles. The zero-order valence-electron chi connectivity index (χ0n) is 12.7. The molecule has 5 heteroatoms. The van der Waals surface area contributed by atoms with Crippen LogP contribution in [0.15, 0.2) is 36.5 Å². The van der Waals surface area contributed by atoms with Gasteiger partial charge in [-0.2, -0.15) is 4.98 Å². The summed E-state index contributed by atoms with van der Waals surface area (Å²) >= 11 is 0. The quantitative estimate of drug-likeness (QED) is 0.848. The van der Waals surface area contributed by atoms with Crippen molar-refractivity contribution in [3.05, 3.63) is 42.1 Å². The Kier molecular flexibility index (Phi) is 5.37. The number of nitrogens with one attached hydrogen (secondary N) is 1. The van der Waals surface area contributed by atoms with E-state index in [1.807, 2.05) is 24.3 Å². The molecule has 1 aromatic carbocycles. The second-order valence-electron chi connectivity index (χ2n) is 5.13. The van der Waals surface area contributed by atoms with Crippen LogP contribution in [0, 0.1) is 5.92 Å². The van der Waals surface area contributed by atoms with Gasteiger partial charge in [0.1, 0.15) is 5.75 Å². The fourth-order valence-electron chi connectivity index (χ4n) is 1.73. The van der Waals surface area contributed by atoms with Gasteiger partial charge in [0, 0.05) is 18.8 Å². The third-order valence-electron chi connectivity index (χ3n) is 2.77. The van der Waals surface area contributed by atoms with E-state index in [0.29, 0.717) is 24.3 Å². The van der Waals surface area contributed by atoms with Crippen LogP contribution in [-0.4, -0.2) is 23.7 Å². The summed E-state index contributed by atoms with van der Waals surface area (Å²) in [4.78, 5) is 8.36. The van der Waals surface area contributed by atoms with Crippen LogP contribution in [-0.2, 0) is 6.54 Å². The zero-order valence-corrected chi connectivity index (χ0v) is 12.7. The summed E-state index contributed by atoms with van der Waals surface area (Å²) in [6, 6.07) is 9.73. The number of anilines is 1. The summed E-state index contributed by atoms with van der Waals surface area (Å²) in [6.45, 7) is 5.61. The lowest BCUT2D eigenvalue weighted by Gasteiger charge is -2.10. The largest absolute Gasteiger partial charge is 0.493 e. The molecular weight excluding hydrogens is 266 g/mol. The van der Waals surface area contributed by atoms with Gasteiger partial charge in [-0.05, 0) is 23.6 Å². The van der Waals surface area contributed by atoms with Gasteiger partial charge in [-0.25, -0.2) is 4.98 Å². The van der Waals surface area contributed by atoms with Crippen molar-refractivity contribution < 1.29 is 9.47 Å². The van der Waals surface area contributed by atoms with E-state index in [1.54, 1.807) is 19.4 Å². The molecule has 0 unspecified atom stereocenters. The monoisotopic (exact) mass is 287 g/mol. The van der Waals surface area contributed by atoms with E-state index in [4.69, 9.17) is 9.47 Å². The normalized spacial score (nSPS) is 10.5. The average molecular weight is 287 g/mol. The molecule has 0 aliphatic heterocycles. The van der Waals surface area contributed by atoms with Gasteiger partial charge in [0.2, 0.25) is 11.8 Å². The Morgan fingerprint density at radius 3 is 2.86 bits per heavy atom.